The molecule has 0 bridgehead atoms. The van der Waals surface area contributed by atoms with Crippen molar-refractivity contribution in [3.63, 3.8) is 0 Å². The molecule has 0 aliphatic rings. The minimum Gasteiger partial charge on any atom is -0.461 e. The first kappa shape index (κ1) is 12.7. The van der Waals surface area contributed by atoms with E-state index < -0.39 is 0 Å². The van der Waals surface area contributed by atoms with Crippen molar-refractivity contribution in [1.82, 2.24) is 5.43 Å². The number of aryl methyl sites for hydroxylation is 1. The Morgan fingerprint density at radius 3 is 2.89 bits per heavy atom. The summed E-state index contributed by atoms with van der Waals surface area (Å²) in [6, 6.07) is 11.1. The van der Waals surface area contributed by atoms with E-state index in [-0.39, 0.29) is 5.91 Å². The first-order valence-electron chi connectivity index (χ1n) is 5.53. The zero-order chi connectivity index (χ0) is 13.0. The maximum Gasteiger partial charge on any atom is 0.234 e. The van der Waals surface area contributed by atoms with Crippen LogP contribution in [0.1, 0.15) is 12.2 Å². The van der Waals surface area contributed by atoms with E-state index in [1.165, 1.54) is 0 Å². The molecule has 1 aromatic heterocycles. The molecule has 18 heavy (non-hydrogen) atoms. The van der Waals surface area contributed by atoms with Gasteiger partial charge in [-0.3, -0.25) is 10.2 Å². The summed E-state index contributed by atoms with van der Waals surface area (Å²) < 4.78 is 5.64. The van der Waals surface area contributed by atoms with E-state index in [0.29, 0.717) is 17.9 Å². The molecule has 1 heterocycles. The van der Waals surface area contributed by atoms with Gasteiger partial charge >= 0.3 is 0 Å². The standard InChI is InChI=1S/C13H13ClN2O2/c14-10-3-1-2-9(8-10)12-6-4-11(18-12)5-7-13(17)16-15/h1-4,6,8H,5,7,15H2,(H,16,17). The van der Waals surface area contributed by atoms with E-state index in [1.807, 2.05) is 30.3 Å². The molecule has 0 aliphatic carbocycles. The monoisotopic (exact) mass is 264 g/mol. The van der Waals surface area contributed by atoms with Crippen LogP contribution in [0.5, 0.6) is 0 Å². The topological polar surface area (TPSA) is 68.3 Å². The van der Waals surface area contributed by atoms with Gasteiger partial charge in [0.25, 0.3) is 0 Å². The second-order valence-electron chi connectivity index (χ2n) is 3.84. The summed E-state index contributed by atoms with van der Waals surface area (Å²) in [5.41, 5.74) is 3.00. The van der Waals surface area contributed by atoms with Gasteiger partial charge in [-0.2, -0.15) is 0 Å². The normalized spacial score (nSPS) is 10.3. The van der Waals surface area contributed by atoms with Crippen LogP contribution >= 0.6 is 11.6 Å². The van der Waals surface area contributed by atoms with E-state index in [1.54, 1.807) is 6.07 Å². The minimum absolute atomic E-state index is 0.212. The highest BCUT2D eigenvalue weighted by molar-refractivity contribution is 6.30. The number of amides is 1. The molecule has 0 unspecified atom stereocenters. The minimum atomic E-state index is -0.212. The van der Waals surface area contributed by atoms with Crippen LogP contribution in [0.3, 0.4) is 0 Å². The van der Waals surface area contributed by atoms with Gasteiger partial charge < -0.3 is 4.42 Å². The zero-order valence-electron chi connectivity index (χ0n) is 9.65. The fourth-order valence-corrected chi connectivity index (χ4v) is 1.81. The van der Waals surface area contributed by atoms with Gasteiger partial charge in [-0.15, -0.1) is 0 Å². The SMILES string of the molecule is NNC(=O)CCc1ccc(-c2cccc(Cl)c2)o1. The molecule has 0 saturated heterocycles. The number of hydrogen-bond acceptors (Lipinski definition) is 3. The molecule has 0 aliphatic heterocycles. The van der Waals surface area contributed by atoms with Crippen LogP contribution in [0.4, 0.5) is 0 Å². The number of benzene rings is 1. The Bertz CT molecular complexity index is 551. The van der Waals surface area contributed by atoms with Crippen LogP contribution < -0.4 is 11.3 Å². The van der Waals surface area contributed by atoms with Crippen molar-refractivity contribution in [2.75, 3.05) is 0 Å². The summed E-state index contributed by atoms with van der Waals surface area (Å²) in [6.07, 6.45) is 0.822. The summed E-state index contributed by atoms with van der Waals surface area (Å²) in [5, 5.41) is 0.660. The Hall–Kier alpha value is -1.78. The third-order valence-corrected chi connectivity index (χ3v) is 2.77. The molecule has 0 atom stereocenters. The lowest BCUT2D eigenvalue weighted by Crippen LogP contribution is -2.30. The lowest BCUT2D eigenvalue weighted by atomic mass is 10.2. The first-order valence-corrected chi connectivity index (χ1v) is 5.91. The fraction of sp³-hybridized carbons (Fsp3) is 0.154. The molecule has 1 amide bonds. The second kappa shape index (κ2) is 5.71. The molecule has 3 N–H and O–H groups in total. The van der Waals surface area contributed by atoms with Crippen LogP contribution in [0.25, 0.3) is 11.3 Å². The number of furan rings is 1. The zero-order valence-corrected chi connectivity index (χ0v) is 10.4. The molecule has 5 heteroatoms. The Balaban J connectivity index is 2.08. The van der Waals surface area contributed by atoms with Crippen molar-refractivity contribution in [1.29, 1.82) is 0 Å². The number of carbonyl (C=O) groups excluding carboxylic acids is 1. The molecule has 1 aromatic carbocycles. The van der Waals surface area contributed by atoms with E-state index in [0.717, 1.165) is 17.1 Å². The summed E-state index contributed by atoms with van der Waals surface area (Å²) in [4.78, 5) is 11.0. The van der Waals surface area contributed by atoms with E-state index in [2.05, 4.69) is 5.43 Å². The molecule has 0 fully saturated rings. The van der Waals surface area contributed by atoms with Crippen molar-refractivity contribution >= 4 is 17.5 Å². The molecule has 0 spiro atoms. The lowest BCUT2D eigenvalue weighted by molar-refractivity contribution is -0.121. The number of carbonyl (C=O) groups is 1. The highest BCUT2D eigenvalue weighted by Gasteiger charge is 2.07. The second-order valence-corrected chi connectivity index (χ2v) is 4.28. The average Bonchev–Trinajstić information content (AvgIpc) is 2.84. The van der Waals surface area contributed by atoms with Crippen LogP contribution in [0, 0.1) is 0 Å². The number of nitrogens with two attached hydrogens (primary N) is 1. The van der Waals surface area contributed by atoms with Gasteiger partial charge in [-0.1, -0.05) is 23.7 Å². The number of rotatable bonds is 4. The van der Waals surface area contributed by atoms with E-state index in [4.69, 9.17) is 21.9 Å². The predicted molar refractivity (Wildman–Crippen MR) is 69.8 cm³/mol. The van der Waals surface area contributed by atoms with Gasteiger partial charge in [0.15, 0.2) is 0 Å². The Kier molecular flexibility index (Phi) is 4.02. The van der Waals surface area contributed by atoms with Crippen LogP contribution in [0.2, 0.25) is 5.02 Å². The van der Waals surface area contributed by atoms with Crippen LogP contribution in [0.15, 0.2) is 40.8 Å². The summed E-state index contributed by atoms with van der Waals surface area (Å²) in [6.45, 7) is 0. The van der Waals surface area contributed by atoms with E-state index >= 15 is 0 Å². The highest BCUT2D eigenvalue weighted by atomic mass is 35.5. The molecule has 2 rings (SSSR count). The predicted octanol–water partition coefficient (Wildman–Crippen LogP) is 2.52. The van der Waals surface area contributed by atoms with Crippen molar-refractivity contribution in [3.8, 4) is 11.3 Å². The average molecular weight is 265 g/mol. The quantitative estimate of drug-likeness (QED) is 0.506. The maximum atomic E-state index is 11.0. The highest BCUT2D eigenvalue weighted by Crippen LogP contribution is 2.25. The van der Waals surface area contributed by atoms with Gasteiger partial charge in [0.2, 0.25) is 5.91 Å². The first-order chi connectivity index (χ1) is 8.69. The van der Waals surface area contributed by atoms with E-state index in [9.17, 15) is 4.79 Å². The van der Waals surface area contributed by atoms with Gasteiger partial charge in [0.1, 0.15) is 11.5 Å². The van der Waals surface area contributed by atoms with Crippen molar-refractivity contribution in [2.24, 2.45) is 5.84 Å². The maximum absolute atomic E-state index is 11.0. The van der Waals surface area contributed by atoms with Crippen molar-refractivity contribution in [2.45, 2.75) is 12.8 Å². The largest absolute Gasteiger partial charge is 0.461 e. The number of halogens is 1. The molecular weight excluding hydrogens is 252 g/mol. The molecule has 0 radical (unpaired) electrons. The molecule has 2 aromatic rings. The summed E-state index contributed by atoms with van der Waals surface area (Å²) in [7, 11) is 0. The number of hydrogen-bond donors (Lipinski definition) is 2. The molecule has 4 nitrogen and oxygen atoms in total. The Morgan fingerprint density at radius 1 is 1.33 bits per heavy atom. The Labute approximate surface area is 110 Å². The van der Waals surface area contributed by atoms with Gasteiger partial charge in [-0.05, 0) is 24.3 Å². The number of hydrazine groups is 1. The van der Waals surface area contributed by atoms with Gasteiger partial charge in [0, 0.05) is 23.4 Å². The third kappa shape index (κ3) is 3.12. The number of nitrogens with one attached hydrogen (secondary N) is 1. The molecule has 94 valence electrons. The molecular formula is C13H13ClN2O2. The van der Waals surface area contributed by atoms with Crippen molar-refractivity contribution < 1.29 is 9.21 Å². The lowest BCUT2D eigenvalue weighted by Gasteiger charge is -1.99. The smallest absolute Gasteiger partial charge is 0.234 e. The fourth-order valence-electron chi connectivity index (χ4n) is 1.62. The third-order valence-electron chi connectivity index (χ3n) is 2.53. The summed E-state index contributed by atoms with van der Waals surface area (Å²) in [5.74, 6) is 6.27. The molecule has 0 saturated carbocycles. The van der Waals surface area contributed by atoms with Gasteiger partial charge in [-0.25, -0.2) is 5.84 Å². The summed E-state index contributed by atoms with van der Waals surface area (Å²) >= 11 is 5.91. The van der Waals surface area contributed by atoms with Crippen molar-refractivity contribution in [3.05, 3.63) is 47.2 Å². The Morgan fingerprint density at radius 2 is 2.17 bits per heavy atom. The van der Waals surface area contributed by atoms with Crippen LogP contribution in [-0.2, 0) is 11.2 Å². The van der Waals surface area contributed by atoms with Crippen LogP contribution in [-0.4, -0.2) is 5.91 Å². The van der Waals surface area contributed by atoms with Gasteiger partial charge in [0.05, 0.1) is 0 Å².